The van der Waals surface area contributed by atoms with Crippen LogP contribution in [-0.4, -0.2) is 0 Å². The summed E-state index contributed by atoms with van der Waals surface area (Å²) in [5.74, 6) is 0. The standard InChI is InChI=1S/2CHN.H3OP/c3*1-2/h2*1H;2H3. The Morgan fingerprint density at radius 3 is 1.00 bits per heavy atom. The van der Waals surface area contributed by atoms with Crippen molar-refractivity contribution in [1.29, 1.82) is 10.5 Å². The van der Waals surface area contributed by atoms with Crippen LogP contribution in [0.2, 0.25) is 0 Å². The Balaban J connectivity index is -0.0000000225. The highest BCUT2D eigenvalue weighted by atomic mass is 31.0. The summed E-state index contributed by atoms with van der Waals surface area (Å²) in [4.78, 5) is 0. The number of hydrogen-bond donors (Lipinski definition) is 0. The largest absolute Gasteiger partial charge is 0.333 e. The lowest BCUT2D eigenvalue weighted by atomic mass is 11.9. The van der Waals surface area contributed by atoms with Crippen LogP contribution in [0.4, 0.5) is 0 Å². The molecule has 0 fully saturated rings. The number of rotatable bonds is 0. The Hall–Kier alpha value is -0.790. The first-order chi connectivity index (χ1) is 3.00. The molecule has 0 aromatic rings. The molecule has 0 bridgehead atoms. The lowest BCUT2D eigenvalue weighted by Gasteiger charge is -0.873. The van der Waals surface area contributed by atoms with Gasteiger partial charge in [-0.15, -0.1) is 0 Å². The van der Waals surface area contributed by atoms with E-state index in [-0.39, 0.29) is 0 Å². The molecule has 0 amide bonds. The molecule has 3 nitrogen and oxygen atoms in total. The fraction of sp³-hybridized carbons (Fsp3) is 0. The van der Waals surface area contributed by atoms with Crippen LogP contribution in [0.15, 0.2) is 0 Å². The van der Waals surface area contributed by atoms with Gasteiger partial charge in [-0.3, -0.25) is 0 Å². The van der Waals surface area contributed by atoms with Crippen molar-refractivity contribution in [2.75, 3.05) is 0 Å². The van der Waals surface area contributed by atoms with E-state index in [4.69, 9.17) is 15.1 Å². The maximum atomic E-state index is 8.28. The zero-order valence-electron chi connectivity index (χ0n) is 3.16. The molecule has 4 heteroatoms. The summed E-state index contributed by atoms with van der Waals surface area (Å²) < 4.78 is 8.28. The van der Waals surface area contributed by atoms with Gasteiger partial charge in [-0.05, 0) is 0 Å². The van der Waals surface area contributed by atoms with Crippen LogP contribution < -0.4 is 0 Å². The Morgan fingerprint density at radius 2 is 1.00 bits per heavy atom. The van der Waals surface area contributed by atoms with Crippen molar-refractivity contribution in [2.45, 2.75) is 0 Å². The second-order valence-corrected chi connectivity index (χ2v) is 0. The van der Waals surface area contributed by atoms with Crippen LogP contribution in [0.25, 0.3) is 0 Å². The van der Waals surface area contributed by atoms with Crippen LogP contribution in [0.1, 0.15) is 0 Å². The summed E-state index contributed by atoms with van der Waals surface area (Å²) >= 11 is 0. The minimum absolute atomic E-state index is 0.611. The van der Waals surface area contributed by atoms with Gasteiger partial charge in [-0.25, -0.2) is 10.5 Å². The van der Waals surface area contributed by atoms with Gasteiger partial charge in [0.25, 0.3) is 0 Å². The van der Waals surface area contributed by atoms with Crippen molar-refractivity contribution < 1.29 is 4.57 Å². The van der Waals surface area contributed by atoms with E-state index in [9.17, 15) is 0 Å². The highest BCUT2D eigenvalue weighted by Crippen LogP contribution is 1.23. The first kappa shape index (κ1) is 18.9. The van der Waals surface area contributed by atoms with Gasteiger partial charge in [0.05, 0.1) is 9.12 Å². The molecule has 0 saturated heterocycles. The Kier molecular flexibility index (Phi) is 219. The molecule has 0 rings (SSSR count). The Morgan fingerprint density at radius 1 is 1.00 bits per heavy atom. The molecule has 0 aliphatic heterocycles. The molecule has 0 aliphatic rings. The van der Waals surface area contributed by atoms with Crippen LogP contribution in [0, 0.1) is 23.7 Å². The van der Waals surface area contributed by atoms with E-state index in [2.05, 4.69) is 13.1 Å². The first-order valence-corrected chi connectivity index (χ1v) is 1.38. The van der Waals surface area contributed by atoms with Crippen molar-refractivity contribution in [3.05, 3.63) is 0 Å². The van der Waals surface area contributed by atoms with E-state index in [1.807, 2.05) is 0 Å². The van der Waals surface area contributed by atoms with E-state index in [0.717, 1.165) is 0 Å². The minimum atomic E-state index is 0.611. The molecular formula is C2H5N2OP. The maximum Gasteiger partial charge on any atom is 0.0527 e. The Bertz CT molecular complexity index is 35.3. The zero-order chi connectivity index (χ0) is 6.00. The predicted octanol–water partition coefficient (Wildman–Crippen LogP) is 0.219. The van der Waals surface area contributed by atoms with Gasteiger partial charge in [-0.1, -0.05) is 0 Å². The number of nitriles is 2. The SMILES string of the molecule is C#N.C#N.O=[PH3]. The fourth-order valence-corrected chi connectivity index (χ4v) is 0. The van der Waals surface area contributed by atoms with Crippen molar-refractivity contribution in [1.82, 2.24) is 0 Å². The van der Waals surface area contributed by atoms with E-state index in [0.29, 0.717) is 9.12 Å². The minimum Gasteiger partial charge on any atom is -0.333 e. The Labute approximate surface area is 38.4 Å². The number of hydrogen-bond acceptors (Lipinski definition) is 3. The predicted molar refractivity (Wildman–Crippen MR) is 25.1 cm³/mol. The van der Waals surface area contributed by atoms with Crippen molar-refractivity contribution in [3.8, 4) is 13.1 Å². The monoisotopic (exact) mass is 104 g/mol. The van der Waals surface area contributed by atoms with Crippen LogP contribution >= 0.6 is 9.12 Å². The summed E-state index contributed by atoms with van der Waals surface area (Å²) in [6, 6.07) is 0. The molecule has 0 N–H and O–H groups in total. The quantitative estimate of drug-likeness (QED) is 0.413. The van der Waals surface area contributed by atoms with E-state index in [1.165, 1.54) is 0 Å². The van der Waals surface area contributed by atoms with Gasteiger partial charge in [0.2, 0.25) is 0 Å². The highest BCUT2D eigenvalue weighted by Gasteiger charge is 0.593. The van der Waals surface area contributed by atoms with Crippen LogP contribution in [0.5, 0.6) is 0 Å². The van der Waals surface area contributed by atoms with E-state index in [1.54, 1.807) is 0 Å². The maximum absolute atomic E-state index is 8.28. The zero-order valence-corrected chi connectivity index (χ0v) is 4.58. The van der Waals surface area contributed by atoms with Crippen molar-refractivity contribution in [3.63, 3.8) is 0 Å². The smallest absolute Gasteiger partial charge is 0.0527 e. The summed E-state index contributed by atoms with van der Waals surface area (Å²) in [5.41, 5.74) is 0. The van der Waals surface area contributed by atoms with Crippen LogP contribution in [-0.2, 0) is 4.57 Å². The normalized spacial score (nSPS) is 2.00. The molecule has 1 unspecified atom stereocenters. The molecular weight excluding hydrogens is 99.0 g/mol. The lowest BCUT2D eigenvalue weighted by Crippen LogP contribution is -0.569. The average molecular weight is 104 g/mol. The molecule has 0 saturated carbocycles. The van der Waals surface area contributed by atoms with Gasteiger partial charge in [0, 0.05) is 13.1 Å². The fourth-order valence-electron chi connectivity index (χ4n) is 0. The molecule has 0 radical (unpaired) electrons. The van der Waals surface area contributed by atoms with Crippen LogP contribution in [0.3, 0.4) is 0 Å². The average Bonchev–Trinajstić information content (AvgIpc) is 1.81. The highest BCUT2D eigenvalue weighted by molar-refractivity contribution is 7.00. The summed E-state index contributed by atoms with van der Waals surface area (Å²) in [7, 11) is 0.611. The topological polar surface area (TPSA) is 64.7 Å². The molecule has 6 heavy (non-hydrogen) atoms. The third kappa shape index (κ3) is 25.1. The number of nitrogens with zero attached hydrogens (tertiary/aromatic N) is 2. The third-order valence-corrected chi connectivity index (χ3v) is 0. The van der Waals surface area contributed by atoms with Crippen molar-refractivity contribution >= 4 is 9.12 Å². The molecule has 1 atom stereocenters. The molecule has 0 aromatic heterocycles. The summed E-state index contributed by atoms with van der Waals surface area (Å²) in [5, 5.41) is 13.0. The van der Waals surface area contributed by atoms with Gasteiger partial charge in [-0.2, -0.15) is 0 Å². The summed E-state index contributed by atoms with van der Waals surface area (Å²) in [6.45, 7) is 7.00. The van der Waals surface area contributed by atoms with Gasteiger partial charge in [0.15, 0.2) is 0 Å². The molecule has 34 valence electrons. The van der Waals surface area contributed by atoms with Gasteiger partial charge >= 0.3 is 0 Å². The molecule has 0 heterocycles. The first-order valence-electron chi connectivity index (χ1n) is 0.805. The second-order valence-electron chi connectivity index (χ2n) is 0. The third-order valence-electron chi connectivity index (χ3n) is 0. The second kappa shape index (κ2) is 69.5. The van der Waals surface area contributed by atoms with Gasteiger partial charge < -0.3 is 4.57 Å². The van der Waals surface area contributed by atoms with E-state index < -0.39 is 0 Å². The van der Waals surface area contributed by atoms with Crippen molar-refractivity contribution in [2.24, 2.45) is 0 Å². The van der Waals surface area contributed by atoms with Gasteiger partial charge in [0.1, 0.15) is 0 Å². The lowest BCUT2D eigenvalue weighted by molar-refractivity contribution is 0.607. The molecule has 0 aliphatic carbocycles. The summed E-state index contributed by atoms with van der Waals surface area (Å²) in [6.07, 6.45) is 0. The molecule has 0 spiro atoms. The van der Waals surface area contributed by atoms with E-state index >= 15 is 0 Å². The molecule has 0 aromatic carbocycles.